The Morgan fingerprint density at radius 1 is 1.48 bits per heavy atom. The topological polar surface area (TPSA) is 58.6 Å². The summed E-state index contributed by atoms with van der Waals surface area (Å²) in [5.74, 6) is -0.391. The lowest BCUT2D eigenvalue weighted by molar-refractivity contribution is -0.00545. The van der Waals surface area contributed by atoms with Crippen LogP contribution in [0.15, 0.2) is 18.2 Å². The molecule has 5 heteroatoms. The molecule has 0 aromatic heterocycles. The lowest BCUT2D eigenvalue weighted by Gasteiger charge is -2.35. The van der Waals surface area contributed by atoms with Crippen molar-refractivity contribution in [1.29, 1.82) is 0 Å². The molecular formula is C16H22FNO3. The molecule has 4 nitrogen and oxygen atoms in total. The van der Waals surface area contributed by atoms with Crippen LogP contribution in [0.25, 0.3) is 0 Å². The number of ether oxygens (including phenoxy) is 1. The van der Waals surface area contributed by atoms with E-state index in [1.54, 1.807) is 0 Å². The number of methoxy groups -OCH3 is 1. The fraction of sp³-hybridized carbons (Fsp3) is 0.562. The normalized spacial score (nSPS) is 25.4. The molecule has 2 N–H and O–H groups in total. The Labute approximate surface area is 124 Å². The summed E-state index contributed by atoms with van der Waals surface area (Å²) in [5, 5.41) is 13.1. The van der Waals surface area contributed by atoms with E-state index in [0.29, 0.717) is 18.8 Å². The summed E-state index contributed by atoms with van der Waals surface area (Å²) in [7, 11) is 1.39. The van der Waals surface area contributed by atoms with Crippen LogP contribution in [0.4, 0.5) is 4.39 Å². The summed E-state index contributed by atoms with van der Waals surface area (Å²) in [5.41, 5.74) is -1.01. The lowest BCUT2D eigenvalue weighted by atomic mass is 9.79. The molecule has 1 saturated carbocycles. The predicted molar refractivity (Wildman–Crippen MR) is 77.9 cm³/mol. The van der Waals surface area contributed by atoms with Crippen LogP contribution in [0.5, 0.6) is 5.75 Å². The van der Waals surface area contributed by atoms with Gasteiger partial charge < -0.3 is 15.2 Å². The number of amides is 1. The van der Waals surface area contributed by atoms with Gasteiger partial charge in [-0.1, -0.05) is 13.0 Å². The van der Waals surface area contributed by atoms with Crippen molar-refractivity contribution in [3.63, 3.8) is 0 Å². The summed E-state index contributed by atoms with van der Waals surface area (Å²) >= 11 is 0. The van der Waals surface area contributed by atoms with E-state index in [1.165, 1.54) is 25.3 Å². The number of halogens is 1. The minimum atomic E-state index is -0.888. The van der Waals surface area contributed by atoms with Gasteiger partial charge in [0, 0.05) is 6.54 Å². The third kappa shape index (κ3) is 3.73. The number of carbonyl (C=O) groups is 1. The molecule has 0 spiro atoms. The molecule has 0 radical (unpaired) electrons. The molecular weight excluding hydrogens is 273 g/mol. The highest BCUT2D eigenvalue weighted by Gasteiger charge is 2.32. The average molecular weight is 295 g/mol. The highest BCUT2D eigenvalue weighted by Crippen LogP contribution is 2.31. The summed E-state index contributed by atoms with van der Waals surface area (Å²) in [6, 6.07) is 4.24. The summed E-state index contributed by atoms with van der Waals surface area (Å²) in [4.78, 5) is 12.2. The quantitative estimate of drug-likeness (QED) is 0.897. The van der Waals surface area contributed by atoms with Gasteiger partial charge in [0.2, 0.25) is 0 Å². The van der Waals surface area contributed by atoms with Gasteiger partial charge in [-0.3, -0.25) is 4.79 Å². The number of rotatable bonds is 4. The third-order valence-corrected chi connectivity index (χ3v) is 4.21. The van der Waals surface area contributed by atoms with Crippen LogP contribution in [0.2, 0.25) is 0 Å². The highest BCUT2D eigenvalue weighted by atomic mass is 19.1. The molecule has 1 aliphatic carbocycles. The monoisotopic (exact) mass is 295 g/mol. The van der Waals surface area contributed by atoms with Gasteiger partial charge in [0.1, 0.15) is 17.1 Å². The maximum Gasteiger partial charge on any atom is 0.258 e. The number of nitrogens with one attached hydrogen (secondary N) is 1. The standard InChI is InChI=1S/C16H22FNO3/c1-11-6-8-16(20,9-7-11)10-18-15(19)14-12(17)4-3-5-13(14)21-2/h3-5,11,20H,6-10H2,1-2H3,(H,18,19). The van der Waals surface area contributed by atoms with Crippen molar-refractivity contribution in [1.82, 2.24) is 5.32 Å². The SMILES string of the molecule is COc1cccc(F)c1C(=O)NCC1(O)CCC(C)CC1. The molecule has 0 saturated heterocycles. The average Bonchev–Trinajstić information content (AvgIpc) is 2.48. The highest BCUT2D eigenvalue weighted by molar-refractivity contribution is 5.97. The van der Waals surface area contributed by atoms with Gasteiger partial charge in [0.25, 0.3) is 5.91 Å². The summed E-state index contributed by atoms with van der Waals surface area (Å²) < 4.78 is 18.8. The van der Waals surface area contributed by atoms with Crippen LogP contribution < -0.4 is 10.1 Å². The minimum absolute atomic E-state index is 0.118. The van der Waals surface area contributed by atoms with Crippen molar-refractivity contribution in [3.8, 4) is 5.75 Å². The van der Waals surface area contributed by atoms with Crippen LogP contribution in [-0.4, -0.2) is 30.3 Å². The Morgan fingerprint density at radius 2 is 2.14 bits per heavy atom. The molecule has 0 bridgehead atoms. The van der Waals surface area contributed by atoms with Crippen molar-refractivity contribution < 1.29 is 19.0 Å². The van der Waals surface area contributed by atoms with E-state index in [2.05, 4.69) is 12.2 Å². The number of benzene rings is 1. The number of hydrogen-bond acceptors (Lipinski definition) is 3. The maximum atomic E-state index is 13.8. The van der Waals surface area contributed by atoms with E-state index < -0.39 is 17.3 Å². The van der Waals surface area contributed by atoms with Crippen LogP contribution in [0.3, 0.4) is 0 Å². The summed E-state index contributed by atoms with van der Waals surface area (Å²) in [6.45, 7) is 2.29. The molecule has 1 fully saturated rings. The lowest BCUT2D eigenvalue weighted by Crippen LogP contribution is -2.45. The van der Waals surface area contributed by atoms with E-state index in [-0.39, 0.29) is 17.9 Å². The largest absolute Gasteiger partial charge is 0.496 e. The van der Waals surface area contributed by atoms with E-state index in [9.17, 15) is 14.3 Å². The molecule has 21 heavy (non-hydrogen) atoms. The molecule has 1 aromatic rings. The first-order chi connectivity index (χ1) is 9.95. The molecule has 0 unspecified atom stereocenters. The van der Waals surface area contributed by atoms with Crippen molar-refractivity contribution >= 4 is 5.91 Å². The van der Waals surface area contributed by atoms with Crippen molar-refractivity contribution in [2.24, 2.45) is 5.92 Å². The molecule has 0 atom stereocenters. The van der Waals surface area contributed by atoms with Gasteiger partial charge in [-0.25, -0.2) is 4.39 Å². The first-order valence-corrected chi connectivity index (χ1v) is 7.28. The number of hydrogen-bond donors (Lipinski definition) is 2. The first-order valence-electron chi connectivity index (χ1n) is 7.28. The van der Waals surface area contributed by atoms with Gasteiger partial charge in [-0.2, -0.15) is 0 Å². The molecule has 1 amide bonds. The van der Waals surface area contributed by atoms with Crippen molar-refractivity contribution in [2.75, 3.05) is 13.7 Å². The molecule has 1 aliphatic rings. The molecule has 0 heterocycles. The fourth-order valence-corrected chi connectivity index (χ4v) is 2.70. The minimum Gasteiger partial charge on any atom is -0.496 e. The predicted octanol–water partition coefficient (Wildman–Crippen LogP) is 2.51. The van der Waals surface area contributed by atoms with Crippen molar-refractivity contribution in [3.05, 3.63) is 29.6 Å². The maximum absolute atomic E-state index is 13.8. The zero-order valence-electron chi connectivity index (χ0n) is 12.5. The zero-order valence-corrected chi connectivity index (χ0v) is 12.5. The Kier molecular flexibility index (Phi) is 4.83. The van der Waals surface area contributed by atoms with Gasteiger partial charge in [0.15, 0.2) is 0 Å². The molecule has 0 aliphatic heterocycles. The van der Waals surface area contributed by atoms with Crippen LogP contribution in [0.1, 0.15) is 43.0 Å². The van der Waals surface area contributed by atoms with Gasteiger partial charge >= 0.3 is 0 Å². The molecule has 1 aromatic carbocycles. The van der Waals surface area contributed by atoms with Crippen molar-refractivity contribution in [2.45, 2.75) is 38.2 Å². The Morgan fingerprint density at radius 3 is 2.76 bits per heavy atom. The number of carbonyl (C=O) groups excluding carboxylic acids is 1. The van der Waals surface area contributed by atoms with Crippen LogP contribution in [-0.2, 0) is 0 Å². The second kappa shape index (κ2) is 6.43. The Balaban J connectivity index is 2.02. The zero-order chi connectivity index (χ0) is 15.5. The first kappa shape index (κ1) is 15.8. The van der Waals surface area contributed by atoms with Gasteiger partial charge in [-0.15, -0.1) is 0 Å². The van der Waals surface area contributed by atoms with E-state index in [0.717, 1.165) is 12.8 Å². The van der Waals surface area contributed by atoms with E-state index in [4.69, 9.17) is 4.74 Å². The van der Waals surface area contributed by atoms with E-state index >= 15 is 0 Å². The second-order valence-corrected chi connectivity index (χ2v) is 5.91. The Hall–Kier alpha value is -1.62. The fourth-order valence-electron chi connectivity index (χ4n) is 2.70. The van der Waals surface area contributed by atoms with Gasteiger partial charge in [0.05, 0.1) is 12.7 Å². The van der Waals surface area contributed by atoms with E-state index in [1.807, 2.05) is 0 Å². The smallest absolute Gasteiger partial charge is 0.258 e. The second-order valence-electron chi connectivity index (χ2n) is 5.91. The summed E-state index contributed by atoms with van der Waals surface area (Å²) in [6.07, 6.45) is 3.19. The van der Waals surface area contributed by atoms with Crippen LogP contribution in [0, 0.1) is 11.7 Å². The molecule has 116 valence electrons. The van der Waals surface area contributed by atoms with Crippen LogP contribution >= 0.6 is 0 Å². The third-order valence-electron chi connectivity index (χ3n) is 4.21. The molecule has 2 rings (SSSR count). The number of aliphatic hydroxyl groups is 1. The Bertz CT molecular complexity index is 510. The van der Waals surface area contributed by atoms with Gasteiger partial charge in [-0.05, 0) is 43.7 Å².